The summed E-state index contributed by atoms with van der Waals surface area (Å²) in [5.41, 5.74) is 0.631. The molecule has 2 fully saturated rings. The molecule has 0 aromatic heterocycles. The molecule has 0 aliphatic heterocycles. The van der Waals surface area contributed by atoms with Crippen LogP contribution < -0.4 is 10.1 Å². The second kappa shape index (κ2) is 7.89. The van der Waals surface area contributed by atoms with Crippen molar-refractivity contribution in [2.45, 2.75) is 39.0 Å². The van der Waals surface area contributed by atoms with E-state index in [1.54, 1.807) is 24.1 Å². The molecule has 3 rings (SSSR count). The maximum absolute atomic E-state index is 12.6. The molecule has 0 heterocycles. The van der Waals surface area contributed by atoms with Crippen molar-refractivity contribution in [1.82, 2.24) is 4.90 Å². The van der Waals surface area contributed by atoms with Crippen LogP contribution in [-0.2, 0) is 9.59 Å². The van der Waals surface area contributed by atoms with E-state index in [1.807, 2.05) is 19.1 Å². The van der Waals surface area contributed by atoms with E-state index in [0.29, 0.717) is 30.3 Å². The smallest absolute Gasteiger partial charge is 0.244 e. The first-order valence-corrected chi connectivity index (χ1v) is 9.31. The minimum atomic E-state index is -0.187. The molecule has 2 aliphatic rings. The van der Waals surface area contributed by atoms with Crippen LogP contribution in [0.4, 0.5) is 5.69 Å². The van der Waals surface area contributed by atoms with E-state index in [-0.39, 0.29) is 18.4 Å². The average Bonchev–Trinajstić information content (AvgIpc) is 3.23. The van der Waals surface area contributed by atoms with Gasteiger partial charge in [0.25, 0.3) is 0 Å². The molecular weight excluding hydrogens is 316 g/mol. The average molecular weight is 344 g/mol. The van der Waals surface area contributed by atoms with E-state index in [2.05, 4.69) is 5.32 Å². The molecular formula is C20H28N2O3. The number of hydrogen-bond acceptors (Lipinski definition) is 3. The van der Waals surface area contributed by atoms with Crippen LogP contribution in [0.25, 0.3) is 0 Å². The van der Waals surface area contributed by atoms with Crippen molar-refractivity contribution in [3.8, 4) is 5.75 Å². The van der Waals surface area contributed by atoms with Crippen LogP contribution in [0, 0.1) is 17.8 Å². The Morgan fingerprint density at radius 3 is 2.68 bits per heavy atom. The van der Waals surface area contributed by atoms with Crippen LogP contribution in [0.2, 0.25) is 0 Å². The molecule has 2 bridgehead atoms. The van der Waals surface area contributed by atoms with E-state index in [1.165, 1.54) is 25.7 Å². The van der Waals surface area contributed by atoms with E-state index in [0.717, 1.165) is 11.8 Å². The maximum Gasteiger partial charge on any atom is 0.244 e. The van der Waals surface area contributed by atoms with Gasteiger partial charge in [-0.05, 0) is 56.1 Å². The van der Waals surface area contributed by atoms with Gasteiger partial charge in [0, 0.05) is 13.0 Å². The molecule has 0 unspecified atom stereocenters. The standard InChI is InChI=1S/C20H28N2O3/c1-3-22(20(24)12-16-11-14-8-9-15(16)10-14)13-19(23)21-17-6-4-5-7-18(17)25-2/h4-7,14-16H,3,8-13H2,1-2H3,(H,21,23)/t14-,15+,16-/m0/s1. The van der Waals surface area contributed by atoms with Crippen molar-refractivity contribution in [2.75, 3.05) is 25.5 Å². The van der Waals surface area contributed by atoms with Gasteiger partial charge in [-0.15, -0.1) is 0 Å². The minimum absolute atomic E-state index is 0.0915. The number of carbonyl (C=O) groups is 2. The van der Waals surface area contributed by atoms with E-state index >= 15 is 0 Å². The Morgan fingerprint density at radius 1 is 1.24 bits per heavy atom. The summed E-state index contributed by atoms with van der Waals surface area (Å²) < 4.78 is 5.25. The quantitative estimate of drug-likeness (QED) is 0.825. The van der Waals surface area contributed by atoms with Gasteiger partial charge in [0.15, 0.2) is 0 Å². The number of fused-ring (bicyclic) bond motifs is 2. The first-order chi connectivity index (χ1) is 12.1. The Morgan fingerprint density at radius 2 is 2.04 bits per heavy atom. The number of benzene rings is 1. The molecule has 3 atom stereocenters. The fraction of sp³-hybridized carbons (Fsp3) is 0.600. The molecule has 0 radical (unpaired) electrons. The first kappa shape index (κ1) is 17.8. The Labute approximate surface area is 149 Å². The zero-order valence-corrected chi connectivity index (χ0v) is 15.2. The molecule has 5 heteroatoms. The number of carbonyl (C=O) groups excluding carboxylic acids is 2. The lowest BCUT2D eigenvalue weighted by molar-refractivity contribution is -0.135. The Balaban J connectivity index is 1.54. The molecule has 136 valence electrons. The van der Waals surface area contributed by atoms with Crippen LogP contribution in [-0.4, -0.2) is 36.9 Å². The van der Waals surface area contributed by atoms with Gasteiger partial charge < -0.3 is 15.0 Å². The Hall–Kier alpha value is -2.04. The van der Waals surface area contributed by atoms with E-state index < -0.39 is 0 Å². The lowest BCUT2D eigenvalue weighted by Crippen LogP contribution is -2.39. The molecule has 0 saturated heterocycles. The van der Waals surface area contributed by atoms with Gasteiger partial charge in [-0.2, -0.15) is 0 Å². The molecule has 2 aliphatic carbocycles. The van der Waals surface area contributed by atoms with Crippen LogP contribution in [0.1, 0.15) is 39.0 Å². The van der Waals surface area contributed by atoms with Gasteiger partial charge in [0.1, 0.15) is 5.75 Å². The van der Waals surface area contributed by atoms with Crippen molar-refractivity contribution in [1.29, 1.82) is 0 Å². The Bertz CT molecular complexity index is 631. The number of likely N-dealkylation sites (N-methyl/N-ethyl adjacent to an activating group) is 1. The van der Waals surface area contributed by atoms with Gasteiger partial charge in [0.2, 0.25) is 11.8 Å². The monoisotopic (exact) mass is 344 g/mol. The fourth-order valence-corrected chi connectivity index (χ4v) is 4.47. The summed E-state index contributed by atoms with van der Waals surface area (Å²) in [6.07, 6.45) is 5.72. The van der Waals surface area contributed by atoms with Crippen molar-refractivity contribution in [2.24, 2.45) is 17.8 Å². The topological polar surface area (TPSA) is 58.6 Å². The Kier molecular flexibility index (Phi) is 5.61. The van der Waals surface area contributed by atoms with Gasteiger partial charge in [0.05, 0.1) is 19.3 Å². The summed E-state index contributed by atoms with van der Waals surface area (Å²) in [4.78, 5) is 26.7. The number of rotatable bonds is 7. The van der Waals surface area contributed by atoms with Crippen LogP contribution in [0.3, 0.4) is 0 Å². The number of anilines is 1. The third kappa shape index (κ3) is 4.14. The fourth-order valence-electron chi connectivity index (χ4n) is 4.47. The normalized spacial score (nSPS) is 24.2. The number of nitrogens with zero attached hydrogens (tertiary/aromatic N) is 1. The first-order valence-electron chi connectivity index (χ1n) is 9.31. The highest BCUT2D eigenvalue weighted by Crippen LogP contribution is 2.49. The maximum atomic E-state index is 12.6. The number of para-hydroxylation sites is 2. The third-order valence-electron chi connectivity index (χ3n) is 5.77. The summed E-state index contributed by atoms with van der Waals surface area (Å²) in [7, 11) is 1.57. The zero-order chi connectivity index (χ0) is 17.8. The molecule has 1 aromatic rings. The second-order valence-corrected chi connectivity index (χ2v) is 7.30. The predicted octanol–water partition coefficient (Wildman–Crippen LogP) is 3.31. The molecule has 5 nitrogen and oxygen atoms in total. The molecule has 25 heavy (non-hydrogen) atoms. The zero-order valence-electron chi connectivity index (χ0n) is 15.2. The number of methoxy groups -OCH3 is 1. The second-order valence-electron chi connectivity index (χ2n) is 7.30. The third-order valence-corrected chi connectivity index (χ3v) is 5.77. The lowest BCUT2D eigenvalue weighted by Gasteiger charge is -2.26. The number of nitrogens with one attached hydrogen (secondary N) is 1. The number of hydrogen-bond donors (Lipinski definition) is 1. The summed E-state index contributed by atoms with van der Waals surface area (Å²) in [6, 6.07) is 7.29. The lowest BCUT2D eigenvalue weighted by atomic mass is 9.86. The van der Waals surface area contributed by atoms with Gasteiger partial charge >= 0.3 is 0 Å². The summed E-state index contributed by atoms with van der Waals surface area (Å²) in [5, 5.41) is 2.84. The van der Waals surface area contributed by atoms with Gasteiger partial charge in [-0.25, -0.2) is 0 Å². The van der Waals surface area contributed by atoms with Crippen LogP contribution >= 0.6 is 0 Å². The van der Waals surface area contributed by atoms with Crippen molar-refractivity contribution < 1.29 is 14.3 Å². The highest BCUT2D eigenvalue weighted by atomic mass is 16.5. The SMILES string of the molecule is CCN(CC(=O)Nc1ccccc1OC)C(=O)C[C@@H]1C[C@H]2CC[C@@H]1C2. The van der Waals surface area contributed by atoms with Gasteiger partial charge in [-0.1, -0.05) is 18.6 Å². The highest BCUT2D eigenvalue weighted by molar-refractivity contribution is 5.95. The molecule has 2 saturated carbocycles. The minimum Gasteiger partial charge on any atom is -0.495 e. The molecule has 1 N–H and O–H groups in total. The van der Waals surface area contributed by atoms with Crippen molar-refractivity contribution in [3.05, 3.63) is 24.3 Å². The van der Waals surface area contributed by atoms with E-state index in [4.69, 9.17) is 4.74 Å². The van der Waals surface area contributed by atoms with Crippen LogP contribution in [0.5, 0.6) is 5.75 Å². The summed E-state index contributed by atoms with van der Waals surface area (Å²) in [5.74, 6) is 2.63. The molecule has 0 spiro atoms. The number of ether oxygens (including phenoxy) is 1. The van der Waals surface area contributed by atoms with Crippen molar-refractivity contribution >= 4 is 17.5 Å². The van der Waals surface area contributed by atoms with Crippen molar-refractivity contribution in [3.63, 3.8) is 0 Å². The predicted molar refractivity (Wildman–Crippen MR) is 97.4 cm³/mol. The highest BCUT2D eigenvalue weighted by Gasteiger charge is 2.40. The molecule has 2 amide bonds. The summed E-state index contributed by atoms with van der Waals surface area (Å²) >= 11 is 0. The number of amides is 2. The summed E-state index contributed by atoms with van der Waals surface area (Å²) in [6.45, 7) is 2.57. The largest absolute Gasteiger partial charge is 0.495 e. The van der Waals surface area contributed by atoms with E-state index in [9.17, 15) is 9.59 Å². The van der Waals surface area contributed by atoms with Crippen LogP contribution in [0.15, 0.2) is 24.3 Å². The molecule has 1 aromatic carbocycles. The van der Waals surface area contributed by atoms with Gasteiger partial charge in [-0.3, -0.25) is 9.59 Å².